The lowest BCUT2D eigenvalue weighted by atomic mass is 10.1. The smallest absolute Gasteiger partial charge is 0.257 e. The third-order valence-corrected chi connectivity index (χ3v) is 3.00. The summed E-state index contributed by atoms with van der Waals surface area (Å²) in [7, 11) is 0. The minimum Gasteiger partial charge on any atom is -0.322 e. The van der Waals surface area contributed by atoms with Crippen molar-refractivity contribution < 1.29 is 4.79 Å². The molecule has 3 aromatic rings. The summed E-state index contributed by atoms with van der Waals surface area (Å²) >= 11 is 0. The van der Waals surface area contributed by atoms with E-state index in [-0.39, 0.29) is 5.91 Å². The SMILES string of the molecule is Cc1cccc(NC(=O)c2cccc3cn[nH]c23)c1. The number of amides is 1. The normalized spacial score (nSPS) is 10.6. The number of benzene rings is 2. The molecule has 1 amide bonds. The standard InChI is InChI=1S/C15H13N3O/c1-10-4-2-6-12(8-10)17-15(19)13-7-3-5-11-9-16-18-14(11)13/h2-9H,1H3,(H,16,18)(H,17,19). The van der Waals surface area contributed by atoms with E-state index in [4.69, 9.17) is 0 Å². The number of para-hydroxylation sites is 1. The molecule has 4 heteroatoms. The molecule has 0 bridgehead atoms. The van der Waals surface area contributed by atoms with E-state index in [1.165, 1.54) is 0 Å². The number of rotatable bonds is 2. The zero-order valence-corrected chi connectivity index (χ0v) is 10.5. The van der Waals surface area contributed by atoms with Gasteiger partial charge >= 0.3 is 0 Å². The monoisotopic (exact) mass is 251 g/mol. The Bertz CT molecular complexity index is 746. The molecule has 0 unspecified atom stereocenters. The molecule has 3 rings (SSSR count). The Morgan fingerprint density at radius 2 is 2.05 bits per heavy atom. The van der Waals surface area contributed by atoms with Crippen LogP contribution < -0.4 is 5.32 Å². The average Bonchev–Trinajstić information content (AvgIpc) is 2.86. The molecule has 0 aliphatic carbocycles. The van der Waals surface area contributed by atoms with Crippen LogP contribution in [0.5, 0.6) is 0 Å². The second-order valence-corrected chi connectivity index (χ2v) is 4.46. The lowest BCUT2D eigenvalue weighted by molar-refractivity contribution is 0.102. The van der Waals surface area contributed by atoms with Crippen LogP contribution in [0.15, 0.2) is 48.7 Å². The number of aromatic amines is 1. The number of H-pyrrole nitrogens is 1. The Kier molecular flexibility index (Phi) is 2.76. The predicted molar refractivity (Wildman–Crippen MR) is 75.2 cm³/mol. The third kappa shape index (κ3) is 2.20. The molecular formula is C15H13N3O. The van der Waals surface area contributed by atoms with Crippen molar-refractivity contribution in [3.63, 3.8) is 0 Å². The lowest BCUT2D eigenvalue weighted by Gasteiger charge is -2.06. The van der Waals surface area contributed by atoms with Gasteiger partial charge in [-0.2, -0.15) is 5.10 Å². The maximum Gasteiger partial charge on any atom is 0.257 e. The van der Waals surface area contributed by atoms with E-state index in [9.17, 15) is 4.79 Å². The Hall–Kier alpha value is -2.62. The van der Waals surface area contributed by atoms with Gasteiger partial charge in [-0.05, 0) is 30.7 Å². The molecule has 0 aliphatic rings. The summed E-state index contributed by atoms with van der Waals surface area (Å²) < 4.78 is 0. The first-order chi connectivity index (χ1) is 9.24. The number of nitrogens with one attached hydrogen (secondary N) is 2. The van der Waals surface area contributed by atoms with E-state index in [2.05, 4.69) is 15.5 Å². The molecule has 0 radical (unpaired) electrons. The van der Waals surface area contributed by atoms with E-state index in [1.54, 1.807) is 12.3 Å². The Balaban J connectivity index is 1.94. The summed E-state index contributed by atoms with van der Waals surface area (Å²) in [5.74, 6) is -0.138. The predicted octanol–water partition coefficient (Wildman–Crippen LogP) is 3.12. The van der Waals surface area contributed by atoms with Gasteiger partial charge in [0.1, 0.15) is 0 Å². The minimum absolute atomic E-state index is 0.138. The topological polar surface area (TPSA) is 57.8 Å². The summed E-state index contributed by atoms with van der Waals surface area (Å²) in [4.78, 5) is 12.3. The summed E-state index contributed by atoms with van der Waals surface area (Å²) in [5.41, 5.74) is 3.25. The lowest BCUT2D eigenvalue weighted by Crippen LogP contribution is -2.12. The highest BCUT2D eigenvalue weighted by molar-refractivity contribution is 6.11. The first kappa shape index (κ1) is 11.5. The van der Waals surface area contributed by atoms with Crippen LogP contribution in [0.1, 0.15) is 15.9 Å². The molecule has 2 aromatic carbocycles. The maximum absolute atomic E-state index is 12.3. The van der Waals surface area contributed by atoms with E-state index in [0.717, 1.165) is 22.2 Å². The fraction of sp³-hybridized carbons (Fsp3) is 0.0667. The number of anilines is 1. The van der Waals surface area contributed by atoms with Gasteiger partial charge in [0.05, 0.1) is 17.3 Å². The highest BCUT2D eigenvalue weighted by Crippen LogP contribution is 2.17. The van der Waals surface area contributed by atoms with Crippen LogP contribution in [0.25, 0.3) is 10.9 Å². The van der Waals surface area contributed by atoms with Crippen molar-refractivity contribution in [1.82, 2.24) is 10.2 Å². The molecule has 1 heterocycles. The Morgan fingerprint density at radius 3 is 2.89 bits per heavy atom. The van der Waals surface area contributed by atoms with Gasteiger partial charge in [-0.25, -0.2) is 0 Å². The molecule has 0 fully saturated rings. The number of carbonyl (C=O) groups is 1. The molecule has 0 saturated heterocycles. The molecular weight excluding hydrogens is 238 g/mol. The molecule has 1 aromatic heterocycles. The van der Waals surface area contributed by atoms with Crippen molar-refractivity contribution in [2.75, 3.05) is 5.32 Å². The largest absolute Gasteiger partial charge is 0.322 e. The second kappa shape index (κ2) is 4.57. The van der Waals surface area contributed by atoms with Crippen molar-refractivity contribution in [2.24, 2.45) is 0 Å². The van der Waals surface area contributed by atoms with Crippen LogP contribution in [0.3, 0.4) is 0 Å². The van der Waals surface area contributed by atoms with Gasteiger partial charge in [0.2, 0.25) is 0 Å². The number of carbonyl (C=O) groups excluding carboxylic acids is 1. The van der Waals surface area contributed by atoms with Crippen LogP contribution in [0.2, 0.25) is 0 Å². The summed E-state index contributed by atoms with van der Waals surface area (Å²) in [6.07, 6.45) is 1.71. The van der Waals surface area contributed by atoms with Crippen LogP contribution in [-0.4, -0.2) is 16.1 Å². The highest BCUT2D eigenvalue weighted by Gasteiger charge is 2.11. The third-order valence-electron chi connectivity index (χ3n) is 3.00. The van der Waals surface area contributed by atoms with E-state index >= 15 is 0 Å². The second-order valence-electron chi connectivity index (χ2n) is 4.46. The van der Waals surface area contributed by atoms with Crippen molar-refractivity contribution in [1.29, 1.82) is 0 Å². The van der Waals surface area contributed by atoms with Crippen molar-refractivity contribution >= 4 is 22.5 Å². The molecule has 19 heavy (non-hydrogen) atoms. The molecule has 2 N–H and O–H groups in total. The van der Waals surface area contributed by atoms with Gasteiger partial charge in [0.25, 0.3) is 5.91 Å². The summed E-state index contributed by atoms with van der Waals surface area (Å²) in [5, 5.41) is 10.6. The van der Waals surface area contributed by atoms with Crippen LogP contribution >= 0.6 is 0 Å². The first-order valence-electron chi connectivity index (χ1n) is 6.04. The fourth-order valence-corrected chi connectivity index (χ4v) is 2.08. The number of hydrogen-bond donors (Lipinski definition) is 2. The van der Waals surface area contributed by atoms with Gasteiger partial charge in [0, 0.05) is 11.1 Å². The first-order valence-corrected chi connectivity index (χ1v) is 6.04. The Labute approximate surface area is 110 Å². The number of aryl methyl sites for hydroxylation is 1. The van der Waals surface area contributed by atoms with Gasteiger partial charge in [0.15, 0.2) is 0 Å². The quantitative estimate of drug-likeness (QED) is 0.735. The van der Waals surface area contributed by atoms with Crippen molar-refractivity contribution in [3.05, 3.63) is 59.8 Å². The number of nitrogens with zero attached hydrogens (tertiary/aromatic N) is 1. The van der Waals surface area contributed by atoms with Crippen molar-refractivity contribution in [2.45, 2.75) is 6.92 Å². The maximum atomic E-state index is 12.3. The zero-order valence-electron chi connectivity index (χ0n) is 10.5. The molecule has 0 atom stereocenters. The highest BCUT2D eigenvalue weighted by atomic mass is 16.1. The van der Waals surface area contributed by atoms with Crippen LogP contribution in [0.4, 0.5) is 5.69 Å². The number of aromatic nitrogens is 2. The van der Waals surface area contributed by atoms with E-state index in [0.29, 0.717) is 5.56 Å². The van der Waals surface area contributed by atoms with Crippen LogP contribution in [-0.2, 0) is 0 Å². The molecule has 0 aliphatic heterocycles. The van der Waals surface area contributed by atoms with E-state index in [1.807, 2.05) is 43.3 Å². The zero-order chi connectivity index (χ0) is 13.2. The van der Waals surface area contributed by atoms with E-state index < -0.39 is 0 Å². The van der Waals surface area contributed by atoms with Gasteiger partial charge < -0.3 is 5.32 Å². The number of hydrogen-bond acceptors (Lipinski definition) is 2. The molecule has 94 valence electrons. The summed E-state index contributed by atoms with van der Waals surface area (Å²) in [6.45, 7) is 1.99. The van der Waals surface area contributed by atoms with Crippen molar-refractivity contribution in [3.8, 4) is 0 Å². The van der Waals surface area contributed by atoms with Gasteiger partial charge in [-0.15, -0.1) is 0 Å². The Morgan fingerprint density at radius 1 is 1.21 bits per heavy atom. The molecule has 4 nitrogen and oxygen atoms in total. The minimum atomic E-state index is -0.138. The van der Waals surface area contributed by atoms with Gasteiger partial charge in [-0.3, -0.25) is 9.89 Å². The number of fused-ring (bicyclic) bond motifs is 1. The summed E-state index contributed by atoms with van der Waals surface area (Å²) in [6, 6.07) is 13.3. The van der Waals surface area contributed by atoms with Gasteiger partial charge in [-0.1, -0.05) is 24.3 Å². The molecule has 0 spiro atoms. The van der Waals surface area contributed by atoms with Crippen LogP contribution in [0, 0.1) is 6.92 Å². The molecule has 0 saturated carbocycles. The average molecular weight is 251 g/mol. The fourth-order valence-electron chi connectivity index (χ4n) is 2.08.